The van der Waals surface area contributed by atoms with Gasteiger partial charge in [-0.25, -0.2) is 0 Å². The second-order valence-electron chi connectivity index (χ2n) is 5.04. The van der Waals surface area contributed by atoms with Crippen LogP contribution in [-0.4, -0.2) is 31.9 Å². The van der Waals surface area contributed by atoms with E-state index in [0.29, 0.717) is 6.42 Å². The van der Waals surface area contributed by atoms with Gasteiger partial charge in [0.2, 0.25) is 0 Å². The van der Waals surface area contributed by atoms with E-state index in [-0.39, 0.29) is 29.6 Å². The first-order valence-electron chi connectivity index (χ1n) is 6.29. The summed E-state index contributed by atoms with van der Waals surface area (Å²) in [5.74, 6) is -2.23. The molecule has 5 heteroatoms. The van der Waals surface area contributed by atoms with Gasteiger partial charge in [-0.1, -0.05) is 6.42 Å². The molecule has 2 aliphatic rings. The average molecular weight is 254 g/mol. The van der Waals surface area contributed by atoms with Crippen LogP contribution in [0, 0.1) is 23.7 Å². The van der Waals surface area contributed by atoms with Crippen molar-refractivity contribution in [3.8, 4) is 0 Å². The summed E-state index contributed by atoms with van der Waals surface area (Å²) in [6.07, 6.45) is 2.70. The van der Waals surface area contributed by atoms with Crippen LogP contribution >= 0.6 is 0 Å². The second kappa shape index (κ2) is 5.08. The number of methoxy groups -OCH3 is 2. The molecule has 0 N–H and O–H groups in total. The molecule has 2 fully saturated rings. The number of ketones is 1. The first-order valence-corrected chi connectivity index (χ1v) is 6.29. The van der Waals surface area contributed by atoms with Crippen LogP contribution in [0.4, 0.5) is 0 Å². The summed E-state index contributed by atoms with van der Waals surface area (Å²) in [5, 5.41) is 0. The number of rotatable bonds is 2. The Kier molecular flexibility index (Phi) is 3.68. The highest BCUT2D eigenvalue weighted by Crippen LogP contribution is 2.44. The number of ether oxygens (including phenoxy) is 2. The van der Waals surface area contributed by atoms with Gasteiger partial charge < -0.3 is 9.47 Å². The second-order valence-corrected chi connectivity index (χ2v) is 5.04. The smallest absolute Gasteiger partial charge is 0.309 e. The first kappa shape index (κ1) is 13.1. The van der Waals surface area contributed by atoms with Gasteiger partial charge in [0, 0.05) is 11.8 Å². The van der Waals surface area contributed by atoms with Crippen LogP contribution in [0.5, 0.6) is 0 Å². The summed E-state index contributed by atoms with van der Waals surface area (Å²) in [6, 6.07) is 0. The van der Waals surface area contributed by atoms with E-state index in [0.717, 1.165) is 19.3 Å². The van der Waals surface area contributed by atoms with Crippen molar-refractivity contribution in [1.82, 2.24) is 0 Å². The van der Waals surface area contributed by atoms with Gasteiger partial charge in [0.1, 0.15) is 5.78 Å². The zero-order valence-corrected chi connectivity index (χ0v) is 10.7. The molecule has 0 aromatic carbocycles. The van der Waals surface area contributed by atoms with Crippen molar-refractivity contribution in [1.29, 1.82) is 0 Å². The number of esters is 2. The highest BCUT2D eigenvalue weighted by Gasteiger charge is 2.51. The molecule has 0 aromatic rings. The van der Waals surface area contributed by atoms with Gasteiger partial charge >= 0.3 is 11.9 Å². The number of hydrogen-bond donors (Lipinski definition) is 0. The topological polar surface area (TPSA) is 69.7 Å². The summed E-state index contributed by atoms with van der Waals surface area (Å²) in [4.78, 5) is 35.7. The summed E-state index contributed by atoms with van der Waals surface area (Å²) in [7, 11) is 2.63. The molecule has 100 valence electrons. The van der Waals surface area contributed by atoms with E-state index >= 15 is 0 Å². The van der Waals surface area contributed by atoms with E-state index in [1.165, 1.54) is 14.2 Å². The summed E-state index contributed by atoms with van der Waals surface area (Å²) < 4.78 is 9.50. The van der Waals surface area contributed by atoms with Crippen molar-refractivity contribution in [2.45, 2.75) is 25.7 Å². The number of carbonyl (C=O) groups is 3. The van der Waals surface area contributed by atoms with Gasteiger partial charge in [0.15, 0.2) is 0 Å². The molecule has 2 saturated carbocycles. The predicted octanol–water partition coefficient (Wildman–Crippen LogP) is 0.954. The van der Waals surface area contributed by atoms with E-state index in [4.69, 9.17) is 9.47 Å². The molecule has 0 aromatic heterocycles. The molecule has 0 unspecified atom stereocenters. The molecule has 0 saturated heterocycles. The van der Waals surface area contributed by atoms with E-state index < -0.39 is 11.8 Å². The van der Waals surface area contributed by atoms with Gasteiger partial charge in [-0.15, -0.1) is 0 Å². The third kappa shape index (κ3) is 2.02. The Bertz CT molecular complexity index is 344. The normalized spacial score (nSPS) is 34.9. The maximum absolute atomic E-state index is 12.3. The number of fused-ring (bicyclic) bond motifs is 2. The quantitative estimate of drug-likeness (QED) is 0.686. The van der Waals surface area contributed by atoms with Crippen LogP contribution in [-0.2, 0) is 23.9 Å². The van der Waals surface area contributed by atoms with Crippen LogP contribution in [0.15, 0.2) is 0 Å². The molecule has 2 rings (SSSR count). The Labute approximate surface area is 106 Å². The van der Waals surface area contributed by atoms with Crippen molar-refractivity contribution >= 4 is 17.7 Å². The van der Waals surface area contributed by atoms with Crippen LogP contribution < -0.4 is 0 Å². The molecule has 0 aliphatic heterocycles. The largest absolute Gasteiger partial charge is 0.469 e. The highest BCUT2D eigenvalue weighted by molar-refractivity contribution is 5.94. The Balaban J connectivity index is 2.26. The minimum atomic E-state index is -0.483. The Hall–Kier alpha value is -1.39. The third-order valence-electron chi connectivity index (χ3n) is 4.25. The predicted molar refractivity (Wildman–Crippen MR) is 61.5 cm³/mol. The van der Waals surface area contributed by atoms with Crippen LogP contribution in [0.1, 0.15) is 25.7 Å². The van der Waals surface area contributed by atoms with Gasteiger partial charge in [-0.05, 0) is 19.3 Å². The van der Waals surface area contributed by atoms with Gasteiger partial charge in [-0.3, -0.25) is 14.4 Å². The molecular formula is C13H18O5. The standard InChI is InChI=1S/C13H18O5/c1-17-12(15)9-6-10(13(16)18-2)8-5-3-4-7(9)11(8)14/h7-10H,3-6H2,1-2H3/t7-,8+,9+,10-. The molecular weight excluding hydrogens is 236 g/mol. The van der Waals surface area contributed by atoms with E-state index in [1.807, 2.05) is 0 Å². The molecule has 2 bridgehead atoms. The van der Waals surface area contributed by atoms with Crippen LogP contribution in [0.3, 0.4) is 0 Å². The van der Waals surface area contributed by atoms with Crippen molar-refractivity contribution < 1.29 is 23.9 Å². The van der Waals surface area contributed by atoms with E-state index in [1.54, 1.807) is 0 Å². The fraction of sp³-hybridized carbons (Fsp3) is 0.769. The van der Waals surface area contributed by atoms with Crippen LogP contribution in [0.2, 0.25) is 0 Å². The Morgan fingerprint density at radius 1 is 1.00 bits per heavy atom. The van der Waals surface area contributed by atoms with Crippen molar-refractivity contribution in [2.75, 3.05) is 14.2 Å². The van der Waals surface area contributed by atoms with Crippen LogP contribution in [0.25, 0.3) is 0 Å². The fourth-order valence-corrected chi connectivity index (χ4v) is 3.34. The van der Waals surface area contributed by atoms with E-state index in [2.05, 4.69) is 0 Å². The first-order chi connectivity index (χ1) is 8.60. The van der Waals surface area contributed by atoms with E-state index in [9.17, 15) is 14.4 Å². The van der Waals surface area contributed by atoms with Gasteiger partial charge in [-0.2, -0.15) is 0 Å². The molecule has 0 radical (unpaired) electrons. The van der Waals surface area contributed by atoms with Gasteiger partial charge in [0.05, 0.1) is 26.1 Å². The lowest BCUT2D eigenvalue weighted by Crippen LogP contribution is -2.48. The molecule has 18 heavy (non-hydrogen) atoms. The maximum atomic E-state index is 12.3. The summed E-state index contributed by atoms with van der Waals surface area (Å²) >= 11 is 0. The monoisotopic (exact) mass is 254 g/mol. The van der Waals surface area contributed by atoms with Crippen molar-refractivity contribution in [3.63, 3.8) is 0 Å². The lowest BCUT2D eigenvalue weighted by molar-refractivity contribution is -0.164. The zero-order chi connectivity index (χ0) is 13.3. The minimum Gasteiger partial charge on any atom is -0.469 e. The average Bonchev–Trinajstić information content (AvgIpc) is 2.37. The maximum Gasteiger partial charge on any atom is 0.309 e. The lowest BCUT2D eigenvalue weighted by Gasteiger charge is -2.41. The van der Waals surface area contributed by atoms with Crippen molar-refractivity contribution in [2.24, 2.45) is 23.7 Å². The molecule has 0 amide bonds. The summed E-state index contributed by atoms with van der Waals surface area (Å²) in [6.45, 7) is 0. The highest BCUT2D eigenvalue weighted by atomic mass is 16.5. The number of Topliss-reactive ketones (excluding diaryl/α,β-unsaturated/α-hetero) is 1. The minimum absolute atomic E-state index is 0.0401. The number of hydrogen-bond acceptors (Lipinski definition) is 5. The molecule has 2 aliphatic carbocycles. The third-order valence-corrected chi connectivity index (χ3v) is 4.25. The fourth-order valence-electron chi connectivity index (χ4n) is 3.34. The molecule has 4 atom stereocenters. The Morgan fingerprint density at radius 2 is 1.44 bits per heavy atom. The molecule has 0 spiro atoms. The molecule has 0 heterocycles. The SMILES string of the molecule is COC(=O)[C@H]1C[C@@H](C(=O)OC)[C@@H]2CCC[C@H]1C2=O. The lowest BCUT2D eigenvalue weighted by atomic mass is 9.61. The van der Waals surface area contributed by atoms with Crippen molar-refractivity contribution in [3.05, 3.63) is 0 Å². The summed E-state index contributed by atoms with van der Waals surface area (Å²) in [5.41, 5.74) is 0. The van der Waals surface area contributed by atoms with Gasteiger partial charge in [0.25, 0.3) is 0 Å². The Morgan fingerprint density at radius 3 is 1.83 bits per heavy atom. The zero-order valence-electron chi connectivity index (χ0n) is 10.7. The number of carbonyl (C=O) groups excluding carboxylic acids is 3. The molecule has 5 nitrogen and oxygen atoms in total.